The van der Waals surface area contributed by atoms with E-state index >= 15 is 0 Å². The fourth-order valence-corrected chi connectivity index (χ4v) is 3.77. The highest BCUT2D eigenvalue weighted by Gasteiger charge is 2.29. The third kappa shape index (κ3) is 4.75. The number of hydrogen-bond acceptors (Lipinski definition) is 3. The normalized spacial score (nSPS) is 15.6. The highest BCUT2D eigenvalue weighted by atomic mass is 19.1. The molecule has 6 heteroatoms. The predicted octanol–water partition coefficient (Wildman–Crippen LogP) is 3.92. The molecule has 2 aromatic carbocycles. The average Bonchev–Trinajstić information content (AvgIpc) is 2.67. The third-order valence-corrected chi connectivity index (χ3v) is 5.18. The zero-order valence-corrected chi connectivity index (χ0v) is 16.3. The summed E-state index contributed by atoms with van der Waals surface area (Å²) in [5.74, 6) is -1.11. The van der Waals surface area contributed by atoms with Crippen molar-refractivity contribution in [2.24, 2.45) is 0 Å². The zero-order chi connectivity index (χ0) is 20.1. The molecule has 4 nitrogen and oxygen atoms in total. The number of carbonyl (C=O) groups excluding carboxylic acids is 1. The van der Waals surface area contributed by atoms with E-state index in [1.54, 1.807) is 0 Å². The van der Waals surface area contributed by atoms with Gasteiger partial charge in [0.05, 0.1) is 0 Å². The minimum atomic E-state index is -0.515. The molecule has 0 aliphatic carbocycles. The Hall–Kier alpha value is -2.31. The minimum absolute atomic E-state index is 0.0224. The van der Waals surface area contributed by atoms with Gasteiger partial charge in [0.1, 0.15) is 18.2 Å². The molecule has 1 aliphatic heterocycles. The van der Waals surface area contributed by atoms with Crippen LogP contribution in [0.25, 0.3) is 0 Å². The number of benzene rings is 2. The lowest BCUT2D eigenvalue weighted by atomic mass is 10.0. The molecule has 0 unspecified atom stereocenters. The number of anilines is 1. The monoisotopic (exact) mass is 388 g/mol. The summed E-state index contributed by atoms with van der Waals surface area (Å²) in [5, 5.41) is 0. The SMILES string of the molecule is COCC(=O)N(c1cccc(C)c1)C1CCN(Cc2c(F)cccc2F)CC1. The first-order valence-electron chi connectivity index (χ1n) is 9.52. The molecular weight excluding hydrogens is 362 g/mol. The first-order valence-corrected chi connectivity index (χ1v) is 9.52. The lowest BCUT2D eigenvalue weighted by Crippen LogP contribution is -2.48. The molecular formula is C22H26F2N2O2. The fourth-order valence-electron chi connectivity index (χ4n) is 3.77. The van der Waals surface area contributed by atoms with Crippen LogP contribution in [0.3, 0.4) is 0 Å². The van der Waals surface area contributed by atoms with Gasteiger partial charge in [-0.15, -0.1) is 0 Å². The molecule has 0 bridgehead atoms. The second-order valence-corrected chi connectivity index (χ2v) is 7.24. The van der Waals surface area contributed by atoms with Crippen LogP contribution in [0.15, 0.2) is 42.5 Å². The Kier molecular flexibility index (Phi) is 6.75. The first-order chi connectivity index (χ1) is 13.5. The molecule has 1 aliphatic rings. The van der Waals surface area contributed by atoms with Crippen LogP contribution >= 0.6 is 0 Å². The second kappa shape index (κ2) is 9.26. The summed E-state index contributed by atoms with van der Waals surface area (Å²) < 4.78 is 32.9. The Bertz CT molecular complexity index is 800. The summed E-state index contributed by atoms with van der Waals surface area (Å²) in [6.07, 6.45) is 1.47. The van der Waals surface area contributed by atoms with E-state index in [2.05, 4.69) is 0 Å². The van der Waals surface area contributed by atoms with E-state index in [-0.39, 0.29) is 30.7 Å². The van der Waals surface area contributed by atoms with Gasteiger partial charge in [0.15, 0.2) is 0 Å². The number of ether oxygens (including phenoxy) is 1. The number of piperidine rings is 1. The van der Waals surface area contributed by atoms with Gasteiger partial charge >= 0.3 is 0 Å². The van der Waals surface area contributed by atoms with Crippen LogP contribution in [0, 0.1) is 18.6 Å². The van der Waals surface area contributed by atoms with Gasteiger partial charge in [-0.3, -0.25) is 9.69 Å². The van der Waals surface area contributed by atoms with Gasteiger partial charge in [-0.05, 0) is 49.6 Å². The number of amides is 1. The lowest BCUT2D eigenvalue weighted by molar-refractivity contribution is -0.122. The van der Waals surface area contributed by atoms with Crippen molar-refractivity contribution in [3.63, 3.8) is 0 Å². The highest BCUT2D eigenvalue weighted by molar-refractivity contribution is 5.95. The number of likely N-dealkylation sites (tertiary alicyclic amines) is 1. The topological polar surface area (TPSA) is 32.8 Å². The molecule has 0 saturated carbocycles. The Labute approximate surface area is 164 Å². The minimum Gasteiger partial charge on any atom is -0.375 e. The Morgan fingerprint density at radius 3 is 2.39 bits per heavy atom. The molecule has 150 valence electrons. The molecule has 0 spiro atoms. The number of carbonyl (C=O) groups is 1. The van der Waals surface area contributed by atoms with Gasteiger partial charge in [-0.25, -0.2) is 8.78 Å². The molecule has 1 saturated heterocycles. The molecule has 0 N–H and O–H groups in total. The Balaban J connectivity index is 1.70. The molecule has 0 radical (unpaired) electrons. The molecule has 1 heterocycles. The number of aryl methyl sites for hydroxylation is 1. The molecule has 3 rings (SSSR count). The first kappa shape index (κ1) is 20.4. The molecule has 28 heavy (non-hydrogen) atoms. The van der Waals surface area contributed by atoms with E-state index in [9.17, 15) is 13.6 Å². The van der Waals surface area contributed by atoms with Crippen LogP contribution in [0.1, 0.15) is 24.0 Å². The molecule has 0 aromatic heterocycles. The van der Waals surface area contributed by atoms with E-state index in [1.807, 2.05) is 41.0 Å². The average molecular weight is 388 g/mol. The van der Waals surface area contributed by atoms with Crippen molar-refractivity contribution in [3.05, 3.63) is 65.2 Å². The van der Waals surface area contributed by atoms with E-state index in [1.165, 1.54) is 25.3 Å². The van der Waals surface area contributed by atoms with Crippen molar-refractivity contribution in [2.75, 3.05) is 31.7 Å². The van der Waals surface area contributed by atoms with Gasteiger partial charge in [0, 0.05) is 44.0 Å². The van der Waals surface area contributed by atoms with Gasteiger partial charge in [0.2, 0.25) is 0 Å². The summed E-state index contributed by atoms with van der Waals surface area (Å²) in [6, 6.07) is 11.8. The predicted molar refractivity (Wildman–Crippen MR) is 105 cm³/mol. The van der Waals surface area contributed by atoms with E-state index in [0.29, 0.717) is 13.1 Å². The number of halogens is 2. The maximum absolute atomic E-state index is 13.9. The standard InChI is InChI=1S/C22H26F2N2O2/c1-16-5-3-6-18(13-16)26(22(27)15-28-2)17-9-11-25(12-10-17)14-19-20(23)7-4-8-21(19)24/h3-8,13,17H,9-12,14-15H2,1-2H3. The number of methoxy groups -OCH3 is 1. The van der Waals surface area contributed by atoms with Crippen LogP contribution < -0.4 is 4.90 Å². The highest BCUT2D eigenvalue weighted by Crippen LogP contribution is 2.26. The maximum Gasteiger partial charge on any atom is 0.253 e. The van der Waals surface area contributed by atoms with Gasteiger partial charge in [0.25, 0.3) is 5.91 Å². The number of hydrogen-bond donors (Lipinski definition) is 0. The van der Waals surface area contributed by atoms with Crippen LogP contribution in [0.5, 0.6) is 0 Å². The van der Waals surface area contributed by atoms with Gasteiger partial charge in [-0.2, -0.15) is 0 Å². The summed E-state index contributed by atoms with van der Waals surface area (Å²) >= 11 is 0. The summed E-state index contributed by atoms with van der Waals surface area (Å²) in [6.45, 7) is 3.59. The third-order valence-electron chi connectivity index (χ3n) is 5.18. The van der Waals surface area contributed by atoms with Crippen molar-refractivity contribution >= 4 is 11.6 Å². The Morgan fingerprint density at radius 2 is 1.79 bits per heavy atom. The van der Waals surface area contributed by atoms with Crippen LogP contribution in [-0.2, 0) is 16.1 Å². The van der Waals surface area contributed by atoms with Crippen molar-refractivity contribution in [1.29, 1.82) is 0 Å². The smallest absolute Gasteiger partial charge is 0.253 e. The summed E-state index contributed by atoms with van der Waals surface area (Å²) in [4.78, 5) is 16.6. The molecule has 2 aromatic rings. The van der Waals surface area contributed by atoms with Crippen molar-refractivity contribution < 1.29 is 18.3 Å². The van der Waals surface area contributed by atoms with Crippen molar-refractivity contribution in [1.82, 2.24) is 4.90 Å². The van der Waals surface area contributed by atoms with E-state index in [4.69, 9.17) is 4.74 Å². The van der Waals surface area contributed by atoms with Crippen LogP contribution in [-0.4, -0.2) is 43.7 Å². The van der Waals surface area contributed by atoms with Crippen LogP contribution in [0.2, 0.25) is 0 Å². The molecule has 1 fully saturated rings. The molecule has 1 amide bonds. The second-order valence-electron chi connectivity index (χ2n) is 7.24. The summed E-state index contributed by atoms with van der Waals surface area (Å²) in [5.41, 5.74) is 2.05. The fraction of sp³-hybridized carbons (Fsp3) is 0.409. The zero-order valence-electron chi connectivity index (χ0n) is 16.3. The largest absolute Gasteiger partial charge is 0.375 e. The Morgan fingerprint density at radius 1 is 1.14 bits per heavy atom. The van der Waals surface area contributed by atoms with Crippen molar-refractivity contribution in [3.8, 4) is 0 Å². The van der Waals surface area contributed by atoms with E-state index < -0.39 is 11.6 Å². The molecule has 0 atom stereocenters. The van der Waals surface area contributed by atoms with Crippen molar-refractivity contribution in [2.45, 2.75) is 32.4 Å². The summed E-state index contributed by atoms with van der Waals surface area (Å²) in [7, 11) is 1.51. The lowest BCUT2D eigenvalue weighted by Gasteiger charge is -2.38. The van der Waals surface area contributed by atoms with Gasteiger partial charge < -0.3 is 9.64 Å². The number of nitrogens with zero attached hydrogens (tertiary/aromatic N) is 2. The van der Waals surface area contributed by atoms with E-state index in [0.717, 1.165) is 24.1 Å². The van der Waals surface area contributed by atoms with Crippen LogP contribution in [0.4, 0.5) is 14.5 Å². The van der Waals surface area contributed by atoms with Gasteiger partial charge in [-0.1, -0.05) is 18.2 Å². The number of rotatable bonds is 6. The maximum atomic E-state index is 13.9. The quantitative estimate of drug-likeness (QED) is 0.752.